The molecule has 98 valence electrons. The van der Waals surface area contributed by atoms with Gasteiger partial charge in [-0.25, -0.2) is 4.98 Å². The van der Waals surface area contributed by atoms with Gasteiger partial charge in [0.05, 0.1) is 6.04 Å². The fourth-order valence-electron chi connectivity index (χ4n) is 2.24. The average Bonchev–Trinajstić information content (AvgIpc) is 2.83. The van der Waals surface area contributed by atoms with Gasteiger partial charge in [-0.2, -0.15) is 0 Å². The van der Waals surface area contributed by atoms with Gasteiger partial charge in [0.25, 0.3) is 0 Å². The number of nitrogens with one attached hydrogen (secondary N) is 2. The number of rotatable bonds is 2. The molecule has 0 saturated heterocycles. The first-order chi connectivity index (χ1) is 9.22. The Balaban J connectivity index is 1.69. The van der Waals surface area contributed by atoms with Crippen LogP contribution in [0.15, 0.2) is 30.5 Å². The van der Waals surface area contributed by atoms with Gasteiger partial charge < -0.3 is 10.6 Å². The Bertz CT molecular complexity index is 608. The lowest BCUT2D eigenvalue weighted by Crippen LogP contribution is -2.44. The van der Waals surface area contributed by atoms with E-state index in [0.717, 1.165) is 17.8 Å². The summed E-state index contributed by atoms with van der Waals surface area (Å²) in [7, 11) is 0. The maximum atomic E-state index is 12.2. The zero-order valence-electron chi connectivity index (χ0n) is 10.6. The molecule has 0 bridgehead atoms. The van der Waals surface area contributed by atoms with E-state index in [0.29, 0.717) is 5.13 Å². The molecule has 2 aromatic rings. The molecule has 0 saturated carbocycles. The van der Waals surface area contributed by atoms with Crippen LogP contribution in [0.4, 0.5) is 5.13 Å². The fraction of sp³-hybridized carbons (Fsp3) is 0.286. The summed E-state index contributed by atoms with van der Waals surface area (Å²) < 4.78 is 0. The van der Waals surface area contributed by atoms with Gasteiger partial charge >= 0.3 is 0 Å². The van der Waals surface area contributed by atoms with Gasteiger partial charge in [-0.15, -0.1) is 11.3 Å². The standard InChI is InChI=1S/C14H15N3OS/c1-9-7-16-14(19-9)17-13(18)12-6-10-4-2-3-5-11(10)8-15-12/h2-5,7,12,15H,6,8H2,1H3,(H,16,17,18)/t12-/m1/s1. The lowest BCUT2D eigenvalue weighted by molar-refractivity contribution is -0.118. The van der Waals surface area contributed by atoms with Crippen molar-refractivity contribution < 1.29 is 4.79 Å². The molecule has 0 spiro atoms. The van der Waals surface area contributed by atoms with Gasteiger partial charge in [-0.05, 0) is 24.5 Å². The Hall–Kier alpha value is -1.72. The number of carbonyl (C=O) groups is 1. The number of aryl methyl sites for hydroxylation is 1. The number of anilines is 1. The largest absolute Gasteiger partial charge is 0.301 e. The number of thiazole rings is 1. The highest BCUT2D eigenvalue weighted by atomic mass is 32.1. The molecule has 3 rings (SSSR count). The van der Waals surface area contributed by atoms with Gasteiger partial charge in [0.15, 0.2) is 5.13 Å². The van der Waals surface area contributed by atoms with Crippen molar-refractivity contribution in [2.75, 3.05) is 5.32 Å². The van der Waals surface area contributed by atoms with Crippen molar-refractivity contribution in [1.29, 1.82) is 0 Å². The van der Waals surface area contributed by atoms with Crippen LogP contribution in [0, 0.1) is 6.92 Å². The Kier molecular flexibility index (Phi) is 3.31. The van der Waals surface area contributed by atoms with Crippen molar-refractivity contribution >= 4 is 22.4 Å². The SMILES string of the molecule is Cc1cnc(NC(=O)[C@H]2Cc3ccccc3CN2)s1. The van der Waals surface area contributed by atoms with Crippen LogP contribution in [0.3, 0.4) is 0 Å². The summed E-state index contributed by atoms with van der Waals surface area (Å²) in [5, 5.41) is 6.81. The van der Waals surface area contributed by atoms with E-state index in [1.54, 1.807) is 6.20 Å². The summed E-state index contributed by atoms with van der Waals surface area (Å²) in [6.45, 7) is 2.72. The fourth-order valence-corrected chi connectivity index (χ4v) is 2.91. The number of aromatic nitrogens is 1. The number of nitrogens with zero attached hydrogens (tertiary/aromatic N) is 1. The third kappa shape index (κ3) is 2.67. The van der Waals surface area contributed by atoms with Crippen molar-refractivity contribution in [3.8, 4) is 0 Å². The Morgan fingerprint density at radius 1 is 1.42 bits per heavy atom. The average molecular weight is 273 g/mol. The predicted octanol–water partition coefficient (Wildman–Crippen LogP) is 2.10. The second-order valence-corrected chi connectivity index (χ2v) is 5.91. The summed E-state index contributed by atoms with van der Waals surface area (Å²) in [5.74, 6) is -0.0103. The molecular weight excluding hydrogens is 258 g/mol. The van der Waals surface area contributed by atoms with Crippen molar-refractivity contribution in [2.45, 2.75) is 25.9 Å². The summed E-state index contributed by atoms with van der Waals surface area (Å²) in [6, 6.07) is 8.05. The van der Waals surface area contributed by atoms with E-state index in [2.05, 4.69) is 27.8 Å². The number of amides is 1. The third-order valence-corrected chi connectivity index (χ3v) is 4.08. The molecule has 0 fully saturated rings. The molecule has 1 amide bonds. The minimum absolute atomic E-state index is 0.0103. The highest BCUT2D eigenvalue weighted by Gasteiger charge is 2.24. The van der Waals surface area contributed by atoms with Crippen molar-refractivity contribution in [1.82, 2.24) is 10.3 Å². The van der Waals surface area contributed by atoms with Crippen LogP contribution in [0.1, 0.15) is 16.0 Å². The monoisotopic (exact) mass is 273 g/mol. The van der Waals surface area contributed by atoms with E-state index in [1.807, 2.05) is 19.1 Å². The van der Waals surface area contributed by atoms with Gasteiger partial charge in [0.2, 0.25) is 5.91 Å². The maximum absolute atomic E-state index is 12.2. The molecule has 1 atom stereocenters. The van der Waals surface area contributed by atoms with Crippen LogP contribution in [-0.2, 0) is 17.8 Å². The van der Waals surface area contributed by atoms with E-state index in [-0.39, 0.29) is 11.9 Å². The first-order valence-electron chi connectivity index (χ1n) is 6.26. The molecule has 0 radical (unpaired) electrons. The molecule has 2 N–H and O–H groups in total. The molecule has 1 aromatic heterocycles. The predicted molar refractivity (Wildman–Crippen MR) is 76.3 cm³/mol. The van der Waals surface area contributed by atoms with Gasteiger partial charge in [0.1, 0.15) is 0 Å². The van der Waals surface area contributed by atoms with Gasteiger partial charge in [-0.1, -0.05) is 24.3 Å². The molecule has 1 aliphatic heterocycles. The van der Waals surface area contributed by atoms with Crippen LogP contribution in [0.25, 0.3) is 0 Å². The Labute approximate surface area is 115 Å². The smallest absolute Gasteiger partial charge is 0.243 e. The highest BCUT2D eigenvalue weighted by Crippen LogP contribution is 2.19. The van der Waals surface area contributed by atoms with Crippen LogP contribution >= 0.6 is 11.3 Å². The highest BCUT2D eigenvalue weighted by molar-refractivity contribution is 7.15. The third-order valence-electron chi connectivity index (χ3n) is 3.25. The maximum Gasteiger partial charge on any atom is 0.243 e. The Morgan fingerprint density at radius 2 is 2.21 bits per heavy atom. The molecule has 4 nitrogen and oxygen atoms in total. The summed E-state index contributed by atoms with van der Waals surface area (Å²) in [6.07, 6.45) is 2.50. The second-order valence-electron chi connectivity index (χ2n) is 4.67. The molecule has 19 heavy (non-hydrogen) atoms. The molecule has 1 aromatic carbocycles. The first kappa shape index (κ1) is 12.3. The molecule has 0 unspecified atom stereocenters. The molecule has 1 aliphatic rings. The normalized spacial score (nSPS) is 17.8. The van der Waals surface area contributed by atoms with E-state index >= 15 is 0 Å². The molecule has 0 aliphatic carbocycles. The number of fused-ring (bicyclic) bond motifs is 1. The van der Waals surface area contributed by atoms with Crippen molar-refractivity contribution in [3.05, 3.63) is 46.5 Å². The van der Waals surface area contributed by atoms with Crippen molar-refractivity contribution in [3.63, 3.8) is 0 Å². The number of benzene rings is 1. The van der Waals surface area contributed by atoms with Crippen LogP contribution < -0.4 is 10.6 Å². The molecule has 2 heterocycles. The molecule has 5 heteroatoms. The second kappa shape index (κ2) is 5.11. The van der Waals surface area contributed by atoms with Crippen LogP contribution in [0.2, 0.25) is 0 Å². The van der Waals surface area contributed by atoms with E-state index in [4.69, 9.17) is 0 Å². The van der Waals surface area contributed by atoms with Gasteiger partial charge in [-0.3, -0.25) is 4.79 Å². The summed E-state index contributed by atoms with van der Waals surface area (Å²) in [5.41, 5.74) is 2.52. The topological polar surface area (TPSA) is 54.0 Å². The number of hydrogen-bond donors (Lipinski definition) is 2. The zero-order valence-corrected chi connectivity index (χ0v) is 11.5. The van der Waals surface area contributed by atoms with Crippen LogP contribution in [-0.4, -0.2) is 16.9 Å². The van der Waals surface area contributed by atoms with E-state index in [1.165, 1.54) is 22.5 Å². The number of carbonyl (C=O) groups excluding carboxylic acids is 1. The minimum Gasteiger partial charge on any atom is -0.301 e. The zero-order chi connectivity index (χ0) is 13.2. The van der Waals surface area contributed by atoms with E-state index < -0.39 is 0 Å². The lowest BCUT2D eigenvalue weighted by Gasteiger charge is -2.24. The van der Waals surface area contributed by atoms with E-state index in [9.17, 15) is 4.79 Å². The van der Waals surface area contributed by atoms with Crippen molar-refractivity contribution in [2.24, 2.45) is 0 Å². The minimum atomic E-state index is -0.181. The van der Waals surface area contributed by atoms with Crippen LogP contribution in [0.5, 0.6) is 0 Å². The van der Waals surface area contributed by atoms with Gasteiger partial charge in [0, 0.05) is 17.6 Å². The summed E-state index contributed by atoms with van der Waals surface area (Å²) in [4.78, 5) is 17.4. The first-order valence-corrected chi connectivity index (χ1v) is 7.07. The lowest BCUT2D eigenvalue weighted by atomic mass is 9.95. The number of hydrogen-bond acceptors (Lipinski definition) is 4. The molecular formula is C14H15N3OS. The summed E-state index contributed by atoms with van der Waals surface area (Å²) >= 11 is 1.49. The quantitative estimate of drug-likeness (QED) is 0.881. The Morgan fingerprint density at radius 3 is 2.95 bits per heavy atom.